The van der Waals surface area contributed by atoms with Crippen LogP contribution >= 0.6 is 0 Å². The second-order valence-electron chi connectivity index (χ2n) is 8.78. The van der Waals surface area contributed by atoms with Crippen LogP contribution in [0.4, 0.5) is 11.5 Å². The molecule has 1 fully saturated rings. The van der Waals surface area contributed by atoms with Gasteiger partial charge in [-0.1, -0.05) is 37.3 Å². The lowest BCUT2D eigenvalue weighted by atomic mass is 9.52. The lowest BCUT2D eigenvalue weighted by Gasteiger charge is -2.51. The fourth-order valence-electron chi connectivity index (χ4n) is 5.65. The molecule has 1 aromatic carbocycles. The van der Waals surface area contributed by atoms with E-state index in [1.54, 1.807) is 12.4 Å². The fraction of sp³-hybridized carbons (Fsp3) is 0.308. The van der Waals surface area contributed by atoms with Gasteiger partial charge in [0, 0.05) is 28.7 Å². The highest BCUT2D eigenvalue weighted by Gasteiger charge is 2.55. The van der Waals surface area contributed by atoms with Crippen LogP contribution in [0.3, 0.4) is 0 Å². The van der Waals surface area contributed by atoms with Crippen LogP contribution in [0, 0.1) is 18.8 Å². The van der Waals surface area contributed by atoms with Crippen molar-refractivity contribution in [3.05, 3.63) is 89.3 Å². The van der Waals surface area contributed by atoms with E-state index in [1.165, 1.54) is 0 Å². The second-order valence-corrected chi connectivity index (χ2v) is 8.78. The molecule has 2 N–H and O–H groups in total. The number of hydrogen-bond donors (Lipinski definition) is 2. The van der Waals surface area contributed by atoms with Crippen LogP contribution in [-0.2, 0) is 16.6 Å². The molecular formula is C26H26N4O2. The SMILES string of the molecule is Cc1nc(Nc2cccnc2)c2c(n1)[C@@]1(c3ccccc3)CC(=CO)C(=O)[C@@H](C)[C@@H]1CC2. The maximum Gasteiger partial charge on any atom is 0.165 e. The van der Waals surface area contributed by atoms with Crippen molar-refractivity contribution in [3.63, 3.8) is 0 Å². The molecule has 3 aromatic rings. The first-order valence-corrected chi connectivity index (χ1v) is 11.0. The van der Waals surface area contributed by atoms with Crippen LogP contribution in [0.25, 0.3) is 0 Å². The monoisotopic (exact) mass is 426 g/mol. The highest BCUT2D eigenvalue weighted by Crippen LogP contribution is 2.56. The van der Waals surface area contributed by atoms with Gasteiger partial charge in [0.15, 0.2) is 5.78 Å². The summed E-state index contributed by atoms with van der Waals surface area (Å²) in [5.74, 6) is 1.38. The van der Waals surface area contributed by atoms with E-state index in [0.29, 0.717) is 17.8 Å². The number of allylic oxidation sites excluding steroid dienone is 1. The number of aryl methyl sites for hydroxylation is 1. The first-order chi connectivity index (χ1) is 15.5. The number of pyridine rings is 1. The highest BCUT2D eigenvalue weighted by molar-refractivity contribution is 5.98. The van der Waals surface area contributed by atoms with E-state index in [1.807, 2.05) is 44.2 Å². The third kappa shape index (κ3) is 3.09. The first kappa shape index (κ1) is 20.4. The van der Waals surface area contributed by atoms with E-state index in [0.717, 1.165) is 47.4 Å². The zero-order chi connectivity index (χ0) is 22.3. The predicted molar refractivity (Wildman–Crippen MR) is 123 cm³/mol. The van der Waals surface area contributed by atoms with Crippen LogP contribution in [-0.4, -0.2) is 25.8 Å². The van der Waals surface area contributed by atoms with Crippen LogP contribution in [0.5, 0.6) is 0 Å². The van der Waals surface area contributed by atoms with Crippen molar-refractivity contribution in [3.8, 4) is 0 Å². The van der Waals surface area contributed by atoms with E-state index in [2.05, 4.69) is 22.4 Å². The second kappa shape index (κ2) is 7.86. The molecule has 2 aliphatic rings. The summed E-state index contributed by atoms with van der Waals surface area (Å²) in [4.78, 5) is 26.9. The first-order valence-electron chi connectivity index (χ1n) is 11.0. The maximum absolute atomic E-state index is 13.0. The van der Waals surface area contributed by atoms with E-state index in [-0.39, 0.29) is 17.6 Å². The number of carbonyl (C=O) groups is 1. The van der Waals surface area contributed by atoms with Crippen molar-refractivity contribution >= 4 is 17.3 Å². The number of aromatic nitrogens is 3. The molecule has 6 nitrogen and oxygen atoms in total. The average molecular weight is 427 g/mol. The smallest absolute Gasteiger partial charge is 0.165 e. The number of nitrogens with zero attached hydrogens (tertiary/aromatic N) is 3. The molecule has 0 unspecified atom stereocenters. The van der Waals surface area contributed by atoms with Crippen molar-refractivity contribution in [2.45, 2.75) is 38.5 Å². The molecular weight excluding hydrogens is 400 g/mol. The number of benzene rings is 1. The van der Waals surface area contributed by atoms with Gasteiger partial charge >= 0.3 is 0 Å². The molecule has 162 valence electrons. The summed E-state index contributed by atoms with van der Waals surface area (Å²) in [5, 5.41) is 13.4. The Labute approximate surface area is 187 Å². The molecule has 0 spiro atoms. The highest BCUT2D eigenvalue weighted by atomic mass is 16.2. The van der Waals surface area contributed by atoms with Crippen LogP contribution in [0.2, 0.25) is 0 Å². The summed E-state index contributed by atoms with van der Waals surface area (Å²) in [6, 6.07) is 14.1. The molecule has 32 heavy (non-hydrogen) atoms. The topological polar surface area (TPSA) is 88.0 Å². The summed E-state index contributed by atoms with van der Waals surface area (Å²) >= 11 is 0. The fourth-order valence-corrected chi connectivity index (χ4v) is 5.65. The predicted octanol–water partition coefficient (Wildman–Crippen LogP) is 4.82. The number of aliphatic hydroxyl groups is 1. The van der Waals surface area contributed by atoms with E-state index >= 15 is 0 Å². The van der Waals surface area contributed by atoms with Crippen LogP contribution < -0.4 is 5.32 Å². The van der Waals surface area contributed by atoms with Gasteiger partial charge in [0.25, 0.3) is 0 Å². The van der Waals surface area contributed by atoms with Crippen molar-refractivity contribution < 1.29 is 9.90 Å². The van der Waals surface area contributed by atoms with Crippen LogP contribution in [0.1, 0.15) is 42.4 Å². The molecule has 6 heteroatoms. The molecule has 0 radical (unpaired) electrons. The molecule has 2 aliphatic carbocycles. The van der Waals surface area contributed by atoms with Crippen molar-refractivity contribution in [2.24, 2.45) is 11.8 Å². The van der Waals surface area contributed by atoms with E-state index < -0.39 is 5.41 Å². The molecule has 0 saturated heterocycles. The van der Waals surface area contributed by atoms with E-state index in [4.69, 9.17) is 9.97 Å². The normalized spacial score (nSPS) is 25.8. The summed E-state index contributed by atoms with van der Waals surface area (Å²) in [6.07, 6.45) is 6.57. The molecule has 5 rings (SSSR count). The number of rotatable bonds is 3. The number of aliphatic hydroxyl groups excluding tert-OH is 1. The van der Waals surface area contributed by atoms with E-state index in [9.17, 15) is 9.90 Å². The Morgan fingerprint density at radius 3 is 2.69 bits per heavy atom. The number of ketones is 1. The molecule has 1 saturated carbocycles. The number of nitrogens with one attached hydrogen (secondary N) is 1. The summed E-state index contributed by atoms with van der Waals surface area (Å²) in [7, 11) is 0. The van der Waals surface area contributed by atoms with Crippen molar-refractivity contribution in [2.75, 3.05) is 5.32 Å². The Balaban J connectivity index is 1.75. The van der Waals surface area contributed by atoms with Crippen LogP contribution in [0.15, 0.2) is 66.7 Å². The summed E-state index contributed by atoms with van der Waals surface area (Å²) < 4.78 is 0. The molecule has 3 atom stereocenters. The Hall–Kier alpha value is -3.54. The van der Waals surface area contributed by atoms with Crippen molar-refractivity contribution in [1.82, 2.24) is 15.0 Å². The summed E-state index contributed by atoms with van der Waals surface area (Å²) in [5.41, 5.74) is 3.97. The van der Waals surface area contributed by atoms with Gasteiger partial charge < -0.3 is 10.4 Å². The Kier molecular flexibility index (Phi) is 5.00. The molecule has 0 amide bonds. The van der Waals surface area contributed by atoms with Gasteiger partial charge in [0.1, 0.15) is 11.6 Å². The minimum absolute atomic E-state index is 0.0343. The lowest BCUT2D eigenvalue weighted by Crippen LogP contribution is -2.51. The largest absolute Gasteiger partial charge is 0.515 e. The summed E-state index contributed by atoms with van der Waals surface area (Å²) in [6.45, 7) is 3.89. The molecule has 2 aromatic heterocycles. The quantitative estimate of drug-likeness (QED) is 0.461. The number of carbonyl (C=O) groups excluding carboxylic acids is 1. The Morgan fingerprint density at radius 2 is 1.97 bits per heavy atom. The molecule has 0 aliphatic heterocycles. The Bertz CT molecular complexity index is 1190. The minimum atomic E-state index is -0.504. The number of hydrogen-bond acceptors (Lipinski definition) is 6. The zero-order valence-corrected chi connectivity index (χ0v) is 18.2. The minimum Gasteiger partial charge on any atom is -0.515 e. The average Bonchev–Trinajstić information content (AvgIpc) is 2.82. The van der Waals surface area contributed by atoms with Crippen molar-refractivity contribution in [1.29, 1.82) is 0 Å². The zero-order valence-electron chi connectivity index (χ0n) is 18.2. The third-order valence-electron chi connectivity index (χ3n) is 7.05. The van der Waals surface area contributed by atoms with Gasteiger partial charge in [-0.15, -0.1) is 0 Å². The maximum atomic E-state index is 13.0. The third-order valence-corrected chi connectivity index (χ3v) is 7.05. The molecule has 0 bridgehead atoms. The number of anilines is 2. The van der Waals surface area contributed by atoms with Gasteiger partial charge in [-0.25, -0.2) is 9.97 Å². The van der Waals surface area contributed by atoms with Gasteiger partial charge in [0.05, 0.1) is 23.8 Å². The number of Topliss-reactive ketones (excluding diaryl/α,β-unsaturated/α-hetero) is 1. The standard InChI is InChI=1S/C26H26N4O2/c1-16-22-11-10-21-24(28-17(2)29-25(21)30-20-9-6-12-27-14-20)26(22,13-18(15-31)23(16)32)19-7-4-3-5-8-19/h3-9,12,14-16,22,31H,10-11,13H2,1-2H3,(H,28,29,30)/t16-,22-,26+/m0/s1. The number of fused-ring (bicyclic) bond motifs is 3. The van der Waals surface area contributed by atoms with Gasteiger partial charge in [-0.05, 0) is 49.8 Å². The van der Waals surface area contributed by atoms with Gasteiger partial charge in [-0.3, -0.25) is 9.78 Å². The Morgan fingerprint density at radius 1 is 1.16 bits per heavy atom. The van der Waals surface area contributed by atoms with Gasteiger partial charge in [-0.2, -0.15) is 0 Å². The molecule has 2 heterocycles. The lowest BCUT2D eigenvalue weighted by molar-refractivity contribution is -0.123. The van der Waals surface area contributed by atoms with Gasteiger partial charge in [0.2, 0.25) is 0 Å².